The summed E-state index contributed by atoms with van der Waals surface area (Å²) in [7, 11) is 0. The summed E-state index contributed by atoms with van der Waals surface area (Å²) in [6, 6.07) is 0. The normalized spacial score (nSPS) is 25.1. The van der Waals surface area contributed by atoms with Crippen molar-refractivity contribution in [2.75, 3.05) is 13.1 Å². The number of carboxylic acids is 1. The smallest absolute Gasteiger partial charge is 0.308 e. The summed E-state index contributed by atoms with van der Waals surface area (Å²) in [5.41, 5.74) is 0. The molecule has 0 aromatic rings. The van der Waals surface area contributed by atoms with Crippen molar-refractivity contribution in [2.45, 2.75) is 33.6 Å². The molecule has 0 saturated carbocycles. The van der Waals surface area contributed by atoms with Crippen molar-refractivity contribution in [3.8, 4) is 0 Å². The predicted octanol–water partition coefficient (Wildman–Crippen LogP) is 1.60. The van der Waals surface area contributed by atoms with Gasteiger partial charge in [-0.05, 0) is 18.3 Å². The van der Waals surface area contributed by atoms with Crippen LogP contribution in [0.5, 0.6) is 0 Å². The van der Waals surface area contributed by atoms with E-state index in [-0.39, 0.29) is 17.7 Å². The Morgan fingerprint density at radius 1 is 1.38 bits per heavy atom. The molecule has 1 rings (SSSR count). The number of carboxylic acid groups (broad SMARTS) is 1. The van der Waals surface area contributed by atoms with Crippen molar-refractivity contribution in [1.29, 1.82) is 0 Å². The summed E-state index contributed by atoms with van der Waals surface area (Å²) in [5, 5.41) is 8.96. The molecule has 1 heterocycles. The van der Waals surface area contributed by atoms with Crippen LogP contribution >= 0.6 is 0 Å². The molecule has 1 N–H and O–H groups in total. The van der Waals surface area contributed by atoms with Gasteiger partial charge in [0.05, 0.1) is 5.92 Å². The number of likely N-dealkylation sites (tertiary alicyclic amines) is 1. The van der Waals surface area contributed by atoms with Crippen LogP contribution in [0.2, 0.25) is 0 Å². The minimum Gasteiger partial charge on any atom is -0.481 e. The summed E-state index contributed by atoms with van der Waals surface area (Å²) < 4.78 is 0. The van der Waals surface area contributed by atoms with Crippen molar-refractivity contribution in [3.63, 3.8) is 0 Å². The third-order valence-corrected chi connectivity index (χ3v) is 3.22. The Kier molecular flexibility index (Phi) is 4.33. The lowest BCUT2D eigenvalue weighted by molar-refractivity contribution is -0.142. The van der Waals surface area contributed by atoms with Gasteiger partial charge in [0.25, 0.3) is 0 Å². The Hall–Kier alpha value is -1.06. The molecule has 0 aromatic carbocycles. The average molecular weight is 227 g/mol. The molecule has 1 aliphatic heterocycles. The van der Waals surface area contributed by atoms with Crippen LogP contribution in [0.3, 0.4) is 0 Å². The number of aliphatic carboxylic acids is 1. The van der Waals surface area contributed by atoms with Crippen molar-refractivity contribution in [2.24, 2.45) is 17.8 Å². The Balaban J connectivity index is 2.45. The third-order valence-electron chi connectivity index (χ3n) is 3.22. The minimum absolute atomic E-state index is 0.0699. The van der Waals surface area contributed by atoms with E-state index in [1.54, 1.807) is 4.90 Å². The third kappa shape index (κ3) is 3.22. The van der Waals surface area contributed by atoms with E-state index < -0.39 is 5.97 Å². The molecule has 0 radical (unpaired) electrons. The van der Waals surface area contributed by atoms with Gasteiger partial charge in [0.2, 0.25) is 5.91 Å². The summed E-state index contributed by atoms with van der Waals surface area (Å²) in [6.07, 6.45) is 1.41. The number of carbonyl (C=O) groups excluding carboxylic acids is 1. The highest BCUT2D eigenvalue weighted by Crippen LogP contribution is 2.24. The van der Waals surface area contributed by atoms with Crippen LogP contribution < -0.4 is 0 Å². The van der Waals surface area contributed by atoms with Gasteiger partial charge < -0.3 is 10.0 Å². The van der Waals surface area contributed by atoms with Crippen LogP contribution in [0.1, 0.15) is 33.6 Å². The molecular formula is C12H21NO3. The molecule has 1 fully saturated rings. The molecule has 0 aromatic heterocycles. The van der Waals surface area contributed by atoms with E-state index >= 15 is 0 Å². The summed E-state index contributed by atoms with van der Waals surface area (Å²) in [4.78, 5) is 24.4. The molecule has 0 aliphatic carbocycles. The standard InChI is InChI=1S/C12H21NO3/c1-8(2)4-5-11(14)13-6-9(3)10(7-13)12(15)16/h8-10H,4-7H2,1-3H3,(H,15,16)/t9-,10-/m1/s1. The fourth-order valence-corrected chi connectivity index (χ4v) is 2.06. The highest BCUT2D eigenvalue weighted by atomic mass is 16.4. The fraction of sp³-hybridized carbons (Fsp3) is 0.833. The zero-order chi connectivity index (χ0) is 12.3. The van der Waals surface area contributed by atoms with E-state index in [2.05, 4.69) is 13.8 Å². The lowest BCUT2D eigenvalue weighted by Gasteiger charge is -2.16. The van der Waals surface area contributed by atoms with Crippen molar-refractivity contribution < 1.29 is 14.7 Å². The van der Waals surface area contributed by atoms with Gasteiger partial charge in [0, 0.05) is 19.5 Å². The van der Waals surface area contributed by atoms with Gasteiger partial charge in [-0.3, -0.25) is 9.59 Å². The van der Waals surface area contributed by atoms with E-state index in [4.69, 9.17) is 5.11 Å². The van der Waals surface area contributed by atoms with Crippen molar-refractivity contribution in [1.82, 2.24) is 4.90 Å². The van der Waals surface area contributed by atoms with Gasteiger partial charge in [-0.25, -0.2) is 0 Å². The van der Waals surface area contributed by atoms with Crippen molar-refractivity contribution in [3.05, 3.63) is 0 Å². The topological polar surface area (TPSA) is 57.6 Å². The predicted molar refractivity (Wildman–Crippen MR) is 60.9 cm³/mol. The Bertz CT molecular complexity index is 275. The SMILES string of the molecule is CC(C)CCC(=O)N1C[C@@H](C)[C@H](C(=O)O)C1. The maximum absolute atomic E-state index is 11.8. The lowest BCUT2D eigenvalue weighted by Crippen LogP contribution is -2.29. The second-order valence-electron chi connectivity index (χ2n) is 5.15. The molecule has 1 saturated heterocycles. The molecule has 16 heavy (non-hydrogen) atoms. The first-order valence-electron chi connectivity index (χ1n) is 5.92. The second kappa shape index (κ2) is 5.32. The molecule has 0 bridgehead atoms. The summed E-state index contributed by atoms with van der Waals surface area (Å²) in [6.45, 7) is 7.04. The number of hydrogen-bond acceptors (Lipinski definition) is 2. The van der Waals surface area contributed by atoms with Crippen LogP contribution in [0.4, 0.5) is 0 Å². The first-order valence-corrected chi connectivity index (χ1v) is 5.92. The Labute approximate surface area is 96.6 Å². The zero-order valence-corrected chi connectivity index (χ0v) is 10.3. The lowest BCUT2D eigenvalue weighted by atomic mass is 9.99. The quantitative estimate of drug-likeness (QED) is 0.793. The largest absolute Gasteiger partial charge is 0.481 e. The van der Waals surface area contributed by atoms with E-state index in [1.165, 1.54) is 0 Å². The summed E-state index contributed by atoms with van der Waals surface area (Å²) in [5.74, 6) is -0.487. The van der Waals surface area contributed by atoms with Gasteiger partial charge in [-0.2, -0.15) is 0 Å². The molecule has 92 valence electrons. The van der Waals surface area contributed by atoms with Gasteiger partial charge in [0.15, 0.2) is 0 Å². The van der Waals surface area contributed by atoms with E-state index in [1.807, 2.05) is 6.92 Å². The maximum Gasteiger partial charge on any atom is 0.308 e. The molecule has 2 atom stereocenters. The van der Waals surface area contributed by atoms with Gasteiger partial charge in [-0.15, -0.1) is 0 Å². The van der Waals surface area contributed by atoms with E-state index in [0.29, 0.717) is 25.4 Å². The Morgan fingerprint density at radius 2 is 2.00 bits per heavy atom. The number of amides is 1. The van der Waals surface area contributed by atoms with Crippen LogP contribution in [0, 0.1) is 17.8 Å². The van der Waals surface area contributed by atoms with E-state index in [9.17, 15) is 9.59 Å². The van der Waals surface area contributed by atoms with Crippen LogP contribution in [0.15, 0.2) is 0 Å². The van der Waals surface area contributed by atoms with Gasteiger partial charge >= 0.3 is 5.97 Å². The zero-order valence-electron chi connectivity index (χ0n) is 10.3. The van der Waals surface area contributed by atoms with Crippen LogP contribution in [0.25, 0.3) is 0 Å². The second-order valence-corrected chi connectivity index (χ2v) is 5.15. The highest BCUT2D eigenvalue weighted by Gasteiger charge is 2.36. The number of nitrogens with zero attached hydrogens (tertiary/aromatic N) is 1. The van der Waals surface area contributed by atoms with Crippen molar-refractivity contribution >= 4 is 11.9 Å². The highest BCUT2D eigenvalue weighted by molar-refractivity contribution is 5.78. The molecule has 4 heteroatoms. The van der Waals surface area contributed by atoms with Gasteiger partial charge in [-0.1, -0.05) is 20.8 Å². The minimum atomic E-state index is -0.786. The molecular weight excluding hydrogens is 206 g/mol. The molecule has 0 unspecified atom stereocenters. The number of carbonyl (C=O) groups is 2. The molecule has 1 aliphatic rings. The maximum atomic E-state index is 11.8. The summed E-state index contributed by atoms with van der Waals surface area (Å²) >= 11 is 0. The van der Waals surface area contributed by atoms with Crippen LogP contribution in [-0.4, -0.2) is 35.0 Å². The fourth-order valence-electron chi connectivity index (χ4n) is 2.06. The molecule has 4 nitrogen and oxygen atoms in total. The molecule has 0 spiro atoms. The first-order chi connectivity index (χ1) is 7.41. The van der Waals surface area contributed by atoms with Crippen LogP contribution in [-0.2, 0) is 9.59 Å². The monoisotopic (exact) mass is 227 g/mol. The number of rotatable bonds is 4. The Morgan fingerprint density at radius 3 is 2.44 bits per heavy atom. The number of hydrogen-bond donors (Lipinski definition) is 1. The molecule has 1 amide bonds. The van der Waals surface area contributed by atoms with Gasteiger partial charge in [0.1, 0.15) is 0 Å². The average Bonchev–Trinajstić information content (AvgIpc) is 2.56. The van der Waals surface area contributed by atoms with E-state index in [0.717, 1.165) is 6.42 Å². The first kappa shape index (κ1) is 13.0.